The van der Waals surface area contributed by atoms with Crippen molar-refractivity contribution in [2.75, 3.05) is 0 Å². The third-order valence-electron chi connectivity index (χ3n) is 2.67. The van der Waals surface area contributed by atoms with E-state index in [4.69, 9.17) is 9.84 Å². The van der Waals surface area contributed by atoms with E-state index in [0.717, 1.165) is 6.42 Å². The lowest BCUT2D eigenvalue weighted by Gasteiger charge is -2.09. The fourth-order valence-corrected chi connectivity index (χ4v) is 1.75. The van der Waals surface area contributed by atoms with E-state index in [1.54, 1.807) is 18.3 Å². The molecule has 0 atom stereocenters. The molecular weight excluding hydrogens is 260 g/mol. The fraction of sp³-hybridized carbons (Fsp3) is 0.214. The Labute approximate surface area is 115 Å². The van der Waals surface area contributed by atoms with Crippen LogP contribution in [0.5, 0.6) is 11.6 Å². The van der Waals surface area contributed by atoms with Gasteiger partial charge in [-0.05, 0) is 18.6 Å². The second-order valence-electron chi connectivity index (χ2n) is 4.13. The molecule has 6 heteroatoms. The van der Waals surface area contributed by atoms with Crippen LogP contribution in [0.3, 0.4) is 0 Å². The summed E-state index contributed by atoms with van der Waals surface area (Å²) in [4.78, 5) is 27.0. The number of hydrogen-bond donors (Lipinski definition) is 1. The molecule has 20 heavy (non-hydrogen) atoms. The normalized spacial score (nSPS) is 10.2. The van der Waals surface area contributed by atoms with Crippen molar-refractivity contribution in [1.29, 1.82) is 0 Å². The minimum absolute atomic E-state index is 0.0143. The number of carboxylic acids is 1. The maximum absolute atomic E-state index is 12.1. The Kier molecular flexibility index (Phi) is 4.14. The Hall–Kier alpha value is -2.63. The van der Waals surface area contributed by atoms with Crippen LogP contribution in [-0.4, -0.2) is 20.6 Å². The van der Waals surface area contributed by atoms with Gasteiger partial charge in [-0.25, -0.2) is 9.78 Å². The molecule has 0 radical (unpaired) electrons. The lowest BCUT2D eigenvalue weighted by atomic mass is 10.2. The molecule has 0 unspecified atom stereocenters. The first-order valence-corrected chi connectivity index (χ1v) is 6.19. The van der Waals surface area contributed by atoms with Gasteiger partial charge in [-0.3, -0.25) is 4.79 Å². The van der Waals surface area contributed by atoms with Crippen LogP contribution in [0.1, 0.15) is 23.7 Å². The minimum atomic E-state index is -1.12. The largest absolute Gasteiger partial charge is 0.478 e. The number of benzene rings is 1. The first kappa shape index (κ1) is 13.8. The molecule has 0 fully saturated rings. The average molecular weight is 274 g/mol. The van der Waals surface area contributed by atoms with Crippen LogP contribution in [-0.2, 0) is 6.54 Å². The van der Waals surface area contributed by atoms with Crippen molar-refractivity contribution in [1.82, 2.24) is 9.55 Å². The van der Waals surface area contributed by atoms with Gasteiger partial charge in [0.1, 0.15) is 11.3 Å². The molecule has 0 saturated heterocycles. The van der Waals surface area contributed by atoms with E-state index in [1.165, 1.54) is 22.9 Å². The third-order valence-corrected chi connectivity index (χ3v) is 2.67. The molecule has 0 aliphatic heterocycles. The van der Waals surface area contributed by atoms with E-state index in [-0.39, 0.29) is 22.8 Å². The van der Waals surface area contributed by atoms with Gasteiger partial charge in [0.2, 0.25) is 0 Å². The molecule has 2 aromatic rings. The molecule has 1 aromatic heterocycles. The number of carbonyl (C=O) groups is 1. The van der Waals surface area contributed by atoms with Crippen LogP contribution in [0, 0.1) is 0 Å². The summed E-state index contributed by atoms with van der Waals surface area (Å²) < 4.78 is 6.84. The van der Waals surface area contributed by atoms with Crippen molar-refractivity contribution in [3.8, 4) is 11.6 Å². The van der Waals surface area contributed by atoms with Gasteiger partial charge in [-0.1, -0.05) is 19.1 Å². The summed E-state index contributed by atoms with van der Waals surface area (Å²) in [6, 6.07) is 6.12. The van der Waals surface area contributed by atoms with Crippen LogP contribution in [0.2, 0.25) is 0 Å². The summed E-state index contributed by atoms with van der Waals surface area (Å²) in [5, 5.41) is 9.07. The standard InChI is InChI=1S/C14H14N2O4/c1-2-8-16-9-7-15-12(13(16)17)20-11-6-4-3-5-10(11)14(18)19/h3-7,9H,2,8H2,1H3,(H,18,19). The van der Waals surface area contributed by atoms with Crippen molar-refractivity contribution in [3.05, 3.63) is 52.6 Å². The lowest BCUT2D eigenvalue weighted by Crippen LogP contribution is -2.21. The topological polar surface area (TPSA) is 81.4 Å². The van der Waals surface area contributed by atoms with E-state index >= 15 is 0 Å². The monoisotopic (exact) mass is 274 g/mol. The first-order chi connectivity index (χ1) is 9.63. The van der Waals surface area contributed by atoms with Gasteiger partial charge in [0.25, 0.3) is 5.88 Å². The number of nitrogens with zero attached hydrogens (tertiary/aromatic N) is 2. The molecule has 1 aromatic carbocycles. The maximum atomic E-state index is 12.1. The fourth-order valence-electron chi connectivity index (χ4n) is 1.75. The Balaban J connectivity index is 2.38. The quantitative estimate of drug-likeness (QED) is 0.903. The van der Waals surface area contributed by atoms with Crippen molar-refractivity contribution in [3.63, 3.8) is 0 Å². The van der Waals surface area contributed by atoms with Gasteiger partial charge in [0.05, 0.1) is 0 Å². The predicted molar refractivity (Wildman–Crippen MR) is 72.3 cm³/mol. The van der Waals surface area contributed by atoms with Crippen LogP contribution in [0.15, 0.2) is 41.5 Å². The summed E-state index contributed by atoms with van der Waals surface area (Å²) in [6.07, 6.45) is 3.83. The number of rotatable bonds is 5. The van der Waals surface area contributed by atoms with E-state index in [9.17, 15) is 9.59 Å². The van der Waals surface area contributed by atoms with Gasteiger partial charge in [-0.15, -0.1) is 0 Å². The van der Waals surface area contributed by atoms with Gasteiger partial charge in [0, 0.05) is 18.9 Å². The number of ether oxygens (including phenoxy) is 1. The number of aryl methyl sites for hydroxylation is 1. The Morgan fingerprint density at radius 3 is 2.85 bits per heavy atom. The number of carboxylic acid groups (broad SMARTS) is 1. The SMILES string of the molecule is CCCn1ccnc(Oc2ccccc2C(=O)O)c1=O. The molecule has 0 aliphatic carbocycles. The highest BCUT2D eigenvalue weighted by atomic mass is 16.5. The average Bonchev–Trinajstić information content (AvgIpc) is 2.44. The van der Waals surface area contributed by atoms with Crippen LogP contribution < -0.4 is 10.3 Å². The molecule has 6 nitrogen and oxygen atoms in total. The van der Waals surface area contributed by atoms with Crippen LogP contribution in [0.4, 0.5) is 0 Å². The van der Waals surface area contributed by atoms with E-state index in [1.807, 2.05) is 6.92 Å². The van der Waals surface area contributed by atoms with Crippen LogP contribution >= 0.6 is 0 Å². The first-order valence-electron chi connectivity index (χ1n) is 6.19. The molecule has 0 spiro atoms. The van der Waals surface area contributed by atoms with E-state index in [2.05, 4.69) is 4.98 Å². The molecular formula is C14H14N2O4. The van der Waals surface area contributed by atoms with Crippen molar-refractivity contribution in [2.24, 2.45) is 0 Å². The number of para-hydroxylation sites is 1. The summed E-state index contributed by atoms with van der Waals surface area (Å²) in [5.74, 6) is -1.15. The highest BCUT2D eigenvalue weighted by molar-refractivity contribution is 5.90. The molecule has 0 aliphatic rings. The molecule has 0 bridgehead atoms. The second-order valence-corrected chi connectivity index (χ2v) is 4.13. The number of hydrogen-bond acceptors (Lipinski definition) is 4. The maximum Gasteiger partial charge on any atom is 0.339 e. The Morgan fingerprint density at radius 1 is 1.40 bits per heavy atom. The zero-order valence-electron chi connectivity index (χ0n) is 10.9. The van der Waals surface area contributed by atoms with Crippen LogP contribution in [0.25, 0.3) is 0 Å². The van der Waals surface area contributed by atoms with Gasteiger partial charge >= 0.3 is 11.5 Å². The lowest BCUT2D eigenvalue weighted by molar-refractivity contribution is 0.0694. The van der Waals surface area contributed by atoms with Gasteiger partial charge < -0.3 is 14.4 Å². The summed E-state index contributed by atoms with van der Waals surface area (Å²) in [6.45, 7) is 2.51. The summed E-state index contributed by atoms with van der Waals surface area (Å²) in [5.41, 5.74) is -0.394. The highest BCUT2D eigenvalue weighted by Crippen LogP contribution is 2.21. The molecule has 104 valence electrons. The molecule has 0 saturated carbocycles. The number of aromatic nitrogens is 2. The molecule has 0 amide bonds. The van der Waals surface area contributed by atoms with Gasteiger partial charge in [0.15, 0.2) is 0 Å². The minimum Gasteiger partial charge on any atom is -0.478 e. The van der Waals surface area contributed by atoms with E-state index < -0.39 is 5.97 Å². The van der Waals surface area contributed by atoms with Crippen molar-refractivity contribution < 1.29 is 14.6 Å². The van der Waals surface area contributed by atoms with Gasteiger partial charge in [-0.2, -0.15) is 0 Å². The zero-order chi connectivity index (χ0) is 14.5. The van der Waals surface area contributed by atoms with Crippen molar-refractivity contribution in [2.45, 2.75) is 19.9 Å². The summed E-state index contributed by atoms with van der Waals surface area (Å²) >= 11 is 0. The number of aromatic carboxylic acids is 1. The Morgan fingerprint density at radius 2 is 2.15 bits per heavy atom. The molecule has 2 rings (SSSR count). The summed E-state index contributed by atoms with van der Waals surface area (Å²) in [7, 11) is 0. The predicted octanol–water partition coefficient (Wildman–Crippen LogP) is 2.14. The smallest absolute Gasteiger partial charge is 0.339 e. The second kappa shape index (κ2) is 6.01. The van der Waals surface area contributed by atoms with Crippen molar-refractivity contribution >= 4 is 5.97 Å². The highest BCUT2D eigenvalue weighted by Gasteiger charge is 2.14. The van der Waals surface area contributed by atoms with E-state index in [0.29, 0.717) is 6.54 Å². The third kappa shape index (κ3) is 2.85. The molecule has 1 N–H and O–H groups in total. The Bertz CT molecular complexity index is 679. The molecule has 1 heterocycles. The zero-order valence-corrected chi connectivity index (χ0v) is 10.9.